The highest BCUT2D eigenvalue weighted by Crippen LogP contribution is 2.27. The van der Waals surface area contributed by atoms with Crippen LogP contribution in [0.4, 0.5) is 17.6 Å². The summed E-state index contributed by atoms with van der Waals surface area (Å²) >= 11 is 0. The van der Waals surface area contributed by atoms with Crippen LogP contribution in [0, 0.1) is 19.7 Å². The number of halogens is 4. The summed E-state index contributed by atoms with van der Waals surface area (Å²) in [5.74, 6) is -2.94. The predicted octanol–water partition coefficient (Wildman–Crippen LogP) is 2.73. The average molecular weight is 467 g/mol. The molecule has 3 aromatic rings. The molecule has 2 heterocycles. The van der Waals surface area contributed by atoms with Crippen molar-refractivity contribution in [2.24, 2.45) is 0 Å². The van der Waals surface area contributed by atoms with Gasteiger partial charge in [-0.3, -0.25) is 9.59 Å². The van der Waals surface area contributed by atoms with Crippen LogP contribution in [0.2, 0.25) is 0 Å². The maximum Gasteiger partial charge on any atom is 0.453 e. The van der Waals surface area contributed by atoms with Crippen LogP contribution in [0.15, 0.2) is 24.3 Å². The third-order valence-electron chi connectivity index (χ3n) is 4.89. The summed E-state index contributed by atoms with van der Waals surface area (Å²) in [4.78, 5) is 31.3. The van der Waals surface area contributed by atoms with Gasteiger partial charge in [0, 0.05) is 24.4 Å². The molecule has 1 N–H and O–H groups in total. The van der Waals surface area contributed by atoms with Crippen molar-refractivity contribution in [3.05, 3.63) is 58.4 Å². The van der Waals surface area contributed by atoms with Crippen molar-refractivity contribution in [2.45, 2.75) is 39.3 Å². The molecule has 12 heteroatoms. The minimum Gasteiger partial charge on any atom is -0.456 e. The molecule has 0 unspecified atom stereocenters. The number of hydrogen-bond acceptors (Lipinski definition) is 6. The Kier molecular flexibility index (Phi) is 7.24. The molecular formula is C21H21F4N5O3. The lowest BCUT2D eigenvalue weighted by molar-refractivity contribution is -0.148. The lowest BCUT2D eigenvalue weighted by Crippen LogP contribution is -2.30. The largest absolute Gasteiger partial charge is 0.456 e. The van der Waals surface area contributed by atoms with Gasteiger partial charge in [0.05, 0.1) is 0 Å². The molecule has 0 aliphatic heterocycles. The molecule has 0 bridgehead atoms. The number of carbonyl (C=O) groups excluding carboxylic acids is 2. The lowest BCUT2D eigenvalue weighted by atomic mass is 10.1. The number of ether oxygens (including phenoxy) is 1. The van der Waals surface area contributed by atoms with E-state index in [1.165, 1.54) is 12.1 Å². The van der Waals surface area contributed by atoms with Crippen molar-refractivity contribution in [1.29, 1.82) is 0 Å². The third kappa shape index (κ3) is 6.24. The molecule has 0 aliphatic rings. The normalized spacial score (nSPS) is 11.6. The summed E-state index contributed by atoms with van der Waals surface area (Å²) in [6, 6.07) is 5.88. The molecule has 2 aromatic heterocycles. The van der Waals surface area contributed by atoms with Crippen molar-refractivity contribution in [1.82, 2.24) is 24.9 Å². The first-order chi connectivity index (χ1) is 15.5. The first kappa shape index (κ1) is 24.1. The highest BCUT2D eigenvalue weighted by molar-refractivity contribution is 5.80. The quantitative estimate of drug-likeness (QED) is 0.404. The molecule has 0 saturated heterocycles. The summed E-state index contributed by atoms with van der Waals surface area (Å²) in [7, 11) is 0. The molecule has 8 nitrogen and oxygen atoms in total. The number of aromatic nitrogens is 4. The molecule has 33 heavy (non-hydrogen) atoms. The van der Waals surface area contributed by atoms with Gasteiger partial charge in [0.25, 0.3) is 17.5 Å². The van der Waals surface area contributed by atoms with Crippen molar-refractivity contribution in [2.75, 3.05) is 13.2 Å². The van der Waals surface area contributed by atoms with E-state index in [9.17, 15) is 27.2 Å². The van der Waals surface area contributed by atoms with Gasteiger partial charge in [0.2, 0.25) is 0 Å². The molecule has 0 saturated carbocycles. The zero-order valence-electron chi connectivity index (χ0n) is 17.9. The smallest absolute Gasteiger partial charge is 0.453 e. The van der Waals surface area contributed by atoms with Crippen molar-refractivity contribution in [3.8, 4) is 0 Å². The summed E-state index contributed by atoms with van der Waals surface area (Å²) < 4.78 is 57.4. The van der Waals surface area contributed by atoms with Crippen LogP contribution in [0.5, 0.6) is 0 Å². The maximum absolute atomic E-state index is 12.9. The fourth-order valence-corrected chi connectivity index (χ4v) is 3.18. The van der Waals surface area contributed by atoms with Gasteiger partial charge in [0.1, 0.15) is 5.82 Å². The van der Waals surface area contributed by atoms with E-state index >= 15 is 0 Å². The molecular weight excluding hydrogens is 446 g/mol. The second kappa shape index (κ2) is 9.92. The number of nitrogens with zero attached hydrogens (tertiary/aromatic N) is 4. The average Bonchev–Trinajstić information content (AvgIpc) is 3.18. The van der Waals surface area contributed by atoms with Crippen LogP contribution >= 0.6 is 0 Å². The predicted molar refractivity (Wildman–Crippen MR) is 108 cm³/mol. The Bertz CT molecular complexity index is 1160. The van der Waals surface area contributed by atoms with Crippen molar-refractivity contribution < 1.29 is 31.9 Å². The zero-order valence-corrected chi connectivity index (χ0v) is 17.9. The van der Waals surface area contributed by atoms with Crippen LogP contribution in [0.1, 0.15) is 34.8 Å². The van der Waals surface area contributed by atoms with E-state index < -0.39 is 30.5 Å². The Balaban J connectivity index is 1.49. The van der Waals surface area contributed by atoms with E-state index in [-0.39, 0.29) is 24.4 Å². The van der Waals surface area contributed by atoms with Crippen molar-refractivity contribution >= 4 is 17.7 Å². The molecule has 1 amide bonds. The van der Waals surface area contributed by atoms with Gasteiger partial charge < -0.3 is 10.1 Å². The van der Waals surface area contributed by atoms with Gasteiger partial charge in [-0.05, 0) is 49.9 Å². The van der Waals surface area contributed by atoms with E-state index in [4.69, 9.17) is 4.74 Å². The lowest BCUT2D eigenvalue weighted by Gasteiger charge is -2.10. The number of esters is 1. The minimum atomic E-state index is -4.70. The van der Waals surface area contributed by atoms with Crippen molar-refractivity contribution in [3.63, 3.8) is 0 Å². The van der Waals surface area contributed by atoms with Gasteiger partial charge in [-0.15, -0.1) is 5.10 Å². The molecule has 3 rings (SSSR count). The third-order valence-corrected chi connectivity index (χ3v) is 4.89. The highest BCUT2D eigenvalue weighted by atomic mass is 19.4. The second-order valence-electron chi connectivity index (χ2n) is 7.29. The molecule has 1 aromatic carbocycles. The molecule has 0 radical (unpaired) electrons. The number of rotatable bonds is 8. The van der Waals surface area contributed by atoms with Gasteiger partial charge in [-0.1, -0.05) is 12.1 Å². The van der Waals surface area contributed by atoms with Gasteiger partial charge in [-0.2, -0.15) is 18.2 Å². The Hall–Kier alpha value is -3.57. The number of amides is 1. The monoisotopic (exact) mass is 467 g/mol. The number of hydrogen-bond donors (Lipinski definition) is 1. The number of fused-ring (bicyclic) bond motifs is 1. The first-order valence-corrected chi connectivity index (χ1v) is 10.0. The SMILES string of the molecule is Cc1nc2nc(C(F)(F)F)nn2c(C)c1CCC(=O)OCC(=O)NCCc1ccc(F)cc1. The minimum absolute atomic E-state index is 0.0987. The number of benzene rings is 1. The van der Waals surface area contributed by atoms with Crippen LogP contribution in [-0.4, -0.2) is 44.6 Å². The maximum atomic E-state index is 12.9. The fourth-order valence-electron chi connectivity index (χ4n) is 3.18. The van der Waals surface area contributed by atoms with Crippen LogP contribution in [0.25, 0.3) is 5.78 Å². The topological polar surface area (TPSA) is 98.5 Å². The Morgan fingerprint density at radius 3 is 2.45 bits per heavy atom. The van der Waals surface area contributed by atoms with Crippen LogP contribution < -0.4 is 5.32 Å². The van der Waals surface area contributed by atoms with E-state index in [2.05, 4.69) is 20.4 Å². The Morgan fingerprint density at radius 2 is 1.79 bits per heavy atom. The summed E-state index contributed by atoms with van der Waals surface area (Å²) in [6.45, 7) is 3.00. The molecule has 0 aliphatic carbocycles. The Labute approximate surface area is 186 Å². The number of carbonyl (C=O) groups is 2. The van der Waals surface area contributed by atoms with Gasteiger partial charge in [-0.25, -0.2) is 13.9 Å². The standard InChI is InChI=1S/C21H21F4N5O3/c1-12-16(13(2)30-20(27-12)28-19(29-30)21(23,24)25)7-8-18(32)33-11-17(31)26-10-9-14-3-5-15(22)6-4-14/h3-6H,7-11H2,1-2H3,(H,26,31). The molecule has 0 fully saturated rings. The number of nitrogens with one attached hydrogen (secondary N) is 1. The van der Waals surface area contributed by atoms with Gasteiger partial charge in [0.15, 0.2) is 6.61 Å². The molecule has 0 spiro atoms. The summed E-state index contributed by atoms with van der Waals surface area (Å²) in [6.07, 6.45) is -4.16. The molecule has 176 valence electrons. The first-order valence-electron chi connectivity index (χ1n) is 10.0. The fraction of sp³-hybridized carbons (Fsp3) is 0.381. The summed E-state index contributed by atoms with van der Waals surface area (Å²) in [5.41, 5.74) is 2.20. The van der Waals surface area contributed by atoms with E-state index in [0.29, 0.717) is 29.9 Å². The zero-order chi connectivity index (χ0) is 24.2. The Morgan fingerprint density at radius 1 is 1.09 bits per heavy atom. The van der Waals surface area contributed by atoms with E-state index in [1.807, 2.05) is 0 Å². The van der Waals surface area contributed by atoms with Gasteiger partial charge >= 0.3 is 12.1 Å². The number of aryl methyl sites for hydroxylation is 2. The van der Waals surface area contributed by atoms with Crippen LogP contribution in [0.3, 0.4) is 0 Å². The molecule has 0 atom stereocenters. The highest BCUT2D eigenvalue weighted by Gasteiger charge is 2.37. The van der Waals surface area contributed by atoms with E-state index in [1.54, 1.807) is 26.0 Å². The van der Waals surface area contributed by atoms with E-state index in [0.717, 1.165) is 10.1 Å². The number of alkyl halides is 3. The van der Waals surface area contributed by atoms with Crippen LogP contribution in [-0.2, 0) is 33.3 Å². The summed E-state index contributed by atoms with van der Waals surface area (Å²) in [5, 5.41) is 6.05. The second-order valence-corrected chi connectivity index (χ2v) is 7.29.